The molecule has 13 nitrogen and oxygen atoms in total. The van der Waals surface area contributed by atoms with E-state index in [1.807, 2.05) is 0 Å². The molecule has 2 fully saturated rings. The first-order valence-electron chi connectivity index (χ1n) is 8.91. The lowest BCUT2D eigenvalue weighted by Crippen LogP contribution is -2.60. The van der Waals surface area contributed by atoms with Crippen LogP contribution in [0.2, 0.25) is 0 Å². The van der Waals surface area contributed by atoms with Crippen molar-refractivity contribution in [2.24, 2.45) is 0 Å². The van der Waals surface area contributed by atoms with Crippen molar-refractivity contribution in [2.45, 2.75) is 62.1 Å². The van der Waals surface area contributed by atoms with Crippen molar-refractivity contribution in [1.29, 1.82) is 0 Å². The first kappa shape index (κ1) is 22.0. The highest BCUT2D eigenvalue weighted by molar-refractivity contribution is 5.07. The van der Waals surface area contributed by atoms with Gasteiger partial charge in [0.1, 0.15) is 42.7 Å². The van der Waals surface area contributed by atoms with E-state index in [0.29, 0.717) is 4.57 Å². The molecule has 1 aromatic heterocycles. The Bertz CT molecular complexity index is 852. The van der Waals surface area contributed by atoms with Crippen molar-refractivity contribution in [2.75, 3.05) is 13.2 Å². The SMILES string of the molecule is Cc1cn([C@@H]2O[C@H](CO)[C@@H](O)[C@H]2O)c(=O)n(C2O[C@H](CO)[C@H](O)[C@H](O)[C@H]2O)c1=O. The van der Waals surface area contributed by atoms with Crippen LogP contribution < -0.4 is 11.2 Å². The zero-order chi connectivity index (χ0) is 21.6. The number of nitrogens with zero attached hydrogens (tertiary/aromatic N) is 2. The Balaban J connectivity index is 2.09. The third-order valence-electron chi connectivity index (χ3n) is 5.23. The number of rotatable bonds is 4. The summed E-state index contributed by atoms with van der Waals surface area (Å²) in [5.74, 6) is 0. The molecule has 0 amide bonds. The smallest absolute Gasteiger partial charge is 0.335 e. The van der Waals surface area contributed by atoms with Crippen molar-refractivity contribution in [3.8, 4) is 0 Å². The molecule has 0 spiro atoms. The van der Waals surface area contributed by atoms with E-state index in [-0.39, 0.29) is 5.56 Å². The van der Waals surface area contributed by atoms with Gasteiger partial charge in [0.2, 0.25) is 0 Å². The number of aliphatic hydroxyl groups excluding tert-OH is 7. The molecule has 1 unspecified atom stereocenters. The highest BCUT2D eigenvalue weighted by atomic mass is 16.6. The maximum atomic E-state index is 13.0. The predicted octanol–water partition coefficient (Wildman–Crippen LogP) is -5.10. The van der Waals surface area contributed by atoms with E-state index in [0.717, 1.165) is 10.8 Å². The second-order valence-electron chi connectivity index (χ2n) is 7.13. The monoisotopic (exact) mass is 420 g/mol. The Morgan fingerprint density at radius 2 is 1.31 bits per heavy atom. The highest BCUT2D eigenvalue weighted by Gasteiger charge is 2.47. The van der Waals surface area contributed by atoms with Crippen molar-refractivity contribution >= 4 is 0 Å². The molecule has 2 saturated heterocycles. The van der Waals surface area contributed by atoms with E-state index in [2.05, 4.69) is 0 Å². The summed E-state index contributed by atoms with van der Waals surface area (Å²) in [6, 6.07) is 0. The van der Waals surface area contributed by atoms with Gasteiger partial charge in [0.15, 0.2) is 12.5 Å². The molecule has 2 aliphatic heterocycles. The van der Waals surface area contributed by atoms with Gasteiger partial charge in [-0.25, -0.2) is 9.36 Å². The van der Waals surface area contributed by atoms with E-state index in [9.17, 15) is 45.3 Å². The minimum atomic E-state index is -1.89. The van der Waals surface area contributed by atoms with Crippen LogP contribution in [0.25, 0.3) is 0 Å². The number of ether oxygens (including phenoxy) is 2. The molecule has 7 N–H and O–H groups in total. The van der Waals surface area contributed by atoms with Gasteiger partial charge >= 0.3 is 5.69 Å². The summed E-state index contributed by atoms with van der Waals surface area (Å²) >= 11 is 0. The predicted molar refractivity (Wildman–Crippen MR) is 91.7 cm³/mol. The van der Waals surface area contributed by atoms with Gasteiger partial charge in [-0.1, -0.05) is 0 Å². The maximum Gasteiger partial charge on any atom is 0.335 e. The van der Waals surface area contributed by atoms with E-state index < -0.39 is 79.6 Å². The molecule has 1 aromatic rings. The zero-order valence-electron chi connectivity index (χ0n) is 15.3. The van der Waals surface area contributed by atoms with Gasteiger partial charge in [-0.3, -0.25) is 9.36 Å². The molecule has 9 atom stereocenters. The number of hydrogen-bond donors (Lipinski definition) is 7. The van der Waals surface area contributed by atoms with Crippen molar-refractivity contribution in [1.82, 2.24) is 9.13 Å². The number of aromatic nitrogens is 2. The fourth-order valence-corrected chi connectivity index (χ4v) is 3.53. The molecule has 0 aromatic carbocycles. The van der Waals surface area contributed by atoms with Crippen molar-refractivity contribution in [3.05, 3.63) is 32.6 Å². The quantitative estimate of drug-likeness (QED) is 0.245. The van der Waals surface area contributed by atoms with E-state index in [4.69, 9.17) is 9.47 Å². The van der Waals surface area contributed by atoms with Crippen molar-refractivity contribution < 1.29 is 45.2 Å². The first-order chi connectivity index (χ1) is 13.6. The van der Waals surface area contributed by atoms with Crippen LogP contribution >= 0.6 is 0 Å². The summed E-state index contributed by atoms with van der Waals surface area (Å²) in [6.07, 6.45) is -13.2. The Morgan fingerprint density at radius 3 is 1.86 bits per heavy atom. The van der Waals surface area contributed by atoms with E-state index >= 15 is 0 Å². The van der Waals surface area contributed by atoms with Crippen LogP contribution in [0.5, 0.6) is 0 Å². The molecular formula is C16H24N2O11. The Kier molecular flexibility index (Phi) is 6.24. The summed E-state index contributed by atoms with van der Waals surface area (Å²) in [5.41, 5.74) is -2.03. The van der Waals surface area contributed by atoms with Crippen LogP contribution in [0.3, 0.4) is 0 Å². The molecular weight excluding hydrogens is 396 g/mol. The third-order valence-corrected chi connectivity index (χ3v) is 5.23. The molecule has 0 radical (unpaired) electrons. The van der Waals surface area contributed by atoms with Crippen LogP contribution in [0.15, 0.2) is 15.8 Å². The van der Waals surface area contributed by atoms with Crippen LogP contribution in [0.1, 0.15) is 18.0 Å². The lowest BCUT2D eigenvalue weighted by Gasteiger charge is -2.40. The van der Waals surface area contributed by atoms with Gasteiger partial charge in [0, 0.05) is 11.8 Å². The molecule has 13 heteroatoms. The van der Waals surface area contributed by atoms with E-state index in [1.165, 1.54) is 6.92 Å². The van der Waals surface area contributed by atoms with Crippen molar-refractivity contribution in [3.63, 3.8) is 0 Å². The Morgan fingerprint density at radius 1 is 0.828 bits per heavy atom. The second kappa shape index (κ2) is 8.22. The molecule has 3 heterocycles. The molecule has 29 heavy (non-hydrogen) atoms. The van der Waals surface area contributed by atoms with Gasteiger partial charge in [0.25, 0.3) is 5.56 Å². The molecule has 0 bridgehead atoms. The zero-order valence-corrected chi connectivity index (χ0v) is 15.3. The van der Waals surface area contributed by atoms with Gasteiger partial charge in [-0.15, -0.1) is 0 Å². The molecule has 2 aliphatic rings. The van der Waals surface area contributed by atoms with E-state index in [1.54, 1.807) is 0 Å². The fraction of sp³-hybridized carbons (Fsp3) is 0.750. The van der Waals surface area contributed by atoms with Crippen LogP contribution in [0.4, 0.5) is 0 Å². The second-order valence-corrected chi connectivity index (χ2v) is 7.13. The van der Waals surface area contributed by atoms with Gasteiger partial charge in [0.05, 0.1) is 13.2 Å². The first-order valence-corrected chi connectivity index (χ1v) is 8.91. The molecule has 0 saturated carbocycles. The molecule has 164 valence electrons. The van der Waals surface area contributed by atoms with Gasteiger partial charge in [-0.2, -0.15) is 0 Å². The summed E-state index contributed by atoms with van der Waals surface area (Å²) < 4.78 is 11.9. The lowest BCUT2D eigenvalue weighted by molar-refractivity contribution is -0.253. The summed E-state index contributed by atoms with van der Waals surface area (Å²) in [5, 5.41) is 68.8. The summed E-state index contributed by atoms with van der Waals surface area (Å²) in [7, 11) is 0. The number of aliphatic hydroxyl groups is 7. The largest absolute Gasteiger partial charge is 0.394 e. The normalized spacial score (nSPS) is 40.3. The minimum Gasteiger partial charge on any atom is -0.394 e. The minimum absolute atomic E-state index is 0.0284. The topological polar surface area (TPSA) is 204 Å². The fourth-order valence-electron chi connectivity index (χ4n) is 3.53. The number of aryl methyl sites for hydroxylation is 1. The van der Waals surface area contributed by atoms with Crippen LogP contribution in [-0.2, 0) is 9.47 Å². The van der Waals surface area contributed by atoms with Crippen LogP contribution in [-0.4, -0.2) is 101 Å². The summed E-state index contributed by atoms with van der Waals surface area (Å²) in [4.78, 5) is 25.6. The molecule has 0 aliphatic carbocycles. The summed E-state index contributed by atoms with van der Waals surface area (Å²) in [6.45, 7) is -0.0557. The molecule has 3 rings (SSSR count). The number of hydrogen-bond acceptors (Lipinski definition) is 11. The third kappa shape index (κ3) is 3.54. The highest BCUT2D eigenvalue weighted by Crippen LogP contribution is 2.29. The van der Waals surface area contributed by atoms with Gasteiger partial charge in [-0.05, 0) is 6.92 Å². The Hall–Kier alpha value is -1.68. The average molecular weight is 420 g/mol. The average Bonchev–Trinajstić information content (AvgIpc) is 2.99. The standard InChI is InChI=1S/C16H24N2O11/c1-5-2-17(14-11(24)9(22)7(4-20)28-14)16(27)18(13(5)26)15-12(25)10(23)8(21)6(3-19)29-15/h2,6-12,14-15,19-25H,3-4H2,1H3/t6-,7-,8+,9-,10+,11-,12-,14-,15?/m1/s1. The van der Waals surface area contributed by atoms with Crippen LogP contribution in [0, 0.1) is 6.92 Å². The lowest BCUT2D eigenvalue weighted by atomic mass is 9.98. The van der Waals surface area contributed by atoms with Gasteiger partial charge < -0.3 is 45.2 Å². The Labute approximate surface area is 163 Å². The maximum absolute atomic E-state index is 13.0.